The Morgan fingerprint density at radius 3 is 2.93 bits per heavy atom. The fourth-order valence-corrected chi connectivity index (χ4v) is 1.96. The standard InChI is InChI=1S/C8H11ClN4S/c1-2-5(3-10)12-8-13-7(9)6(4-11)14-8/h5H,2-3,10H2,1H3,(H,12,13). The van der Waals surface area contributed by atoms with Crippen LogP contribution in [-0.4, -0.2) is 17.6 Å². The molecule has 6 heteroatoms. The molecule has 0 aromatic carbocycles. The molecule has 1 atom stereocenters. The van der Waals surface area contributed by atoms with Crippen molar-refractivity contribution in [3.63, 3.8) is 0 Å². The molecule has 0 aliphatic heterocycles. The van der Waals surface area contributed by atoms with E-state index < -0.39 is 0 Å². The summed E-state index contributed by atoms with van der Waals surface area (Å²) in [6.07, 6.45) is 0.912. The molecule has 1 rings (SSSR count). The maximum Gasteiger partial charge on any atom is 0.185 e. The molecule has 0 bridgehead atoms. The highest BCUT2D eigenvalue weighted by atomic mass is 35.5. The van der Waals surface area contributed by atoms with Gasteiger partial charge in [0, 0.05) is 12.6 Å². The maximum atomic E-state index is 8.66. The summed E-state index contributed by atoms with van der Waals surface area (Å²) in [5.74, 6) is 0. The monoisotopic (exact) mass is 230 g/mol. The van der Waals surface area contributed by atoms with Gasteiger partial charge >= 0.3 is 0 Å². The van der Waals surface area contributed by atoms with Crippen LogP contribution >= 0.6 is 22.9 Å². The number of nitrogens with zero attached hydrogens (tertiary/aromatic N) is 2. The average molecular weight is 231 g/mol. The second kappa shape index (κ2) is 5.15. The van der Waals surface area contributed by atoms with Gasteiger partial charge in [0.1, 0.15) is 10.9 Å². The number of hydrogen-bond donors (Lipinski definition) is 2. The van der Waals surface area contributed by atoms with Crippen LogP contribution in [-0.2, 0) is 0 Å². The Kier molecular flexibility index (Phi) is 4.14. The third-order valence-corrected chi connectivity index (χ3v) is 3.07. The number of nitriles is 1. The van der Waals surface area contributed by atoms with Crippen molar-refractivity contribution in [1.29, 1.82) is 5.26 Å². The minimum absolute atomic E-state index is 0.184. The lowest BCUT2D eigenvalue weighted by Crippen LogP contribution is -2.27. The lowest BCUT2D eigenvalue weighted by atomic mass is 10.2. The minimum atomic E-state index is 0.184. The summed E-state index contributed by atoms with van der Waals surface area (Å²) in [6.45, 7) is 2.57. The quantitative estimate of drug-likeness (QED) is 0.828. The van der Waals surface area contributed by atoms with Gasteiger partial charge in [-0.2, -0.15) is 5.26 Å². The third-order valence-electron chi connectivity index (χ3n) is 1.79. The van der Waals surface area contributed by atoms with E-state index in [9.17, 15) is 0 Å². The van der Waals surface area contributed by atoms with Gasteiger partial charge < -0.3 is 11.1 Å². The highest BCUT2D eigenvalue weighted by Gasteiger charge is 2.11. The smallest absolute Gasteiger partial charge is 0.185 e. The molecule has 1 aromatic heterocycles. The first kappa shape index (κ1) is 11.2. The van der Waals surface area contributed by atoms with Crippen molar-refractivity contribution < 1.29 is 0 Å². The summed E-state index contributed by atoms with van der Waals surface area (Å²) in [5.41, 5.74) is 5.52. The zero-order valence-corrected chi connectivity index (χ0v) is 9.32. The number of thiazole rings is 1. The van der Waals surface area contributed by atoms with Crippen LogP contribution in [0.15, 0.2) is 0 Å². The lowest BCUT2D eigenvalue weighted by molar-refractivity contribution is 0.703. The Balaban J connectivity index is 2.73. The summed E-state index contributed by atoms with van der Waals surface area (Å²) >= 11 is 6.97. The highest BCUT2D eigenvalue weighted by Crippen LogP contribution is 2.26. The topological polar surface area (TPSA) is 74.7 Å². The largest absolute Gasteiger partial charge is 0.357 e. The summed E-state index contributed by atoms with van der Waals surface area (Å²) < 4.78 is 0. The van der Waals surface area contributed by atoms with Gasteiger partial charge in [-0.05, 0) is 6.42 Å². The molecule has 0 saturated carbocycles. The normalized spacial score (nSPS) is 12.1. The SMILES string of the molecule is CCC(CN)Nc1nc(Cl)c(C#N)s1. The van der Waals surface area contributed by atoms with Crippen LogP contribution in [0.25, 0.3) is 0 Å². The number of halogens is 1. The van der Waals surface area contributed by atoms with Gasteiger partial charge in [0.2, 0.25) is 0 Å². The highest BCUT2D eigenvalue weighted by molar-refractivity contribution is 7.16. The molecule has 76 valence electrons. The van der Waals surface area contributed by atoms with Gasteiger partial charge in [-0.15, -0.1) is 0 Å². The van der Waals surface area contributed by atoms with Crippen LogP contribution in [0.2, 0.25) is 5.15 Å². The zero-order chi connectivity index (χ0) is 10.6. The van der Waals surface area contributed by atoms with E-state index in [1.807, 2.05) is 13.0 Å². The van der Waals surface area contributed by atoms with Crippen LogP contribution in [0.4, 0.5) is 5.13 Å². The van der Waals surface area contributed by atoms with Crippen LogP contribution in [0, 0.1) is 11.3 Å². The van der Waals surface area contributed by atoms with Crippen molar-refractivity contribution in [2.24, 2.45) is 5.73 Å². The first-order valence-electron chi connectivity index (χ1n) is 4.24. The van der Waals surface area contributed by atoms with Gasteiger partial charge in [-0.1, -0.05) is 29.9 Å². The second-order valence-electron chi connectivity index (χ2n) is 2.74. The van der Waals surface area contributed by atoms with Crippen LogP contribution in [0.1, 0.15) is 18.2 Å². The van der Waals surface area contributed by atoms with Gasteiger partial charge in [0.05, 0.1) is 0 Å². The number of hydrogen-bond acceptors (Lipinski definition) is 5. The number of nitrogens with two attached hydrogens (primary N) is 1. The van der Waals surface area contributed by atoms with E-state index in [0.29, 0.717) is 16.6 Å². The first-order chi connectivity index (χ1) is 6.71. The molecule has 1 unspecified atom stereocenters. The Bertz CT molecular complexity index is 340. The molecule has 1 heterocycles. The zero-order valence-electron chi connectivity index (χ0n) is 7.75. The summed E-state index contributed by atoms with van der Waals surface area (Å²) in [6, 6.07) is 2.16. The lowest BCUT2D eigenvalue weighted by Gasteiger charge is -2.12. The van der Waals surface area contributed by atoms with E-state index in [2.05, 4.69) is 10.3 Å². The van der Waals surface area contributed by atoms with E-state index in [-0.39, 0.29) is 11.2 Å². The van der Waals surface area contributed by atoms with Crippen molar-refractivity contribution >= 4 is 28.1 Å². The Hall–Kier alpha value is -0.830. The molecule has 14 heavy (non-hydrogen) atoms. The van der Waals surface area contributed by atoms with Crippen molar-refractivity contribution in [2.75, 3.05) is 11.9 Å². The van der Waals surface area contributed by atoms with Crippen molar-refractivity contribution in [3.8, 4) is 6.07 Å². The Labute approximate surface area is 91.7 Å². The number of anilines is 1. The summed E-state index contributed by atoms with van der Waals surface area (Å²) in [7, 11) is 0. The molecule has 4 nitrogen and oxygen atoms in total. The fourth-order valence-electron chi connectivity index (χ4n) is 0.934. The van der Waals surface area contributed by atoms with E-state index in [1.54, 1.807) is 0 Å². The van der Waals surface area contributed by atoms with Gasteiger partial charge in [-0.3, -0.25) is 0 Å². The molecule has 0 aliphatic carbocycles. The average Bonchev–Trinajstić information content (AvgIpc) is 2.55. The third kappa shape index (κ3) is 2.58. The van der Waals surface area contributed by atoms with Crippen molar-refractivity contribution in [3.05, 3.63) is 10.0 Å². The van der Waals surface area contributed by atoms with E-state index >= 15 is 0 Å². The first-order valence-corrected chi connectivity index (χ1v) is 5.43. The predicted molar refractivity (Wildman–Crippen MR) is 58.6 cm³/mol. The number of nitrogens with one attached hydrogen (secondary N) is 1. The van der Waals surface area contributed by atoms with Gasteiger partial charge in [-0.25, -0.2) is 4.98 Å². The van der Waals surface area contributed by atoms with E-state index in [0.717, 1.165) is 6.42 Å². The van der Waals surface area contributed by atoms with Gasteiger partial charge in [0.25, 0.3) is 0 Å². The molecule has 0 fully saturated rings. The Morgan fingerprint density at radius 2 is 2.50 bits per heavy atom. The maximum absolute atomic E-state index is 8.66. The number of aromatic nitrogens is 1. The molecule has 0 radical (unpaired) electrons. The fraction of sp³-hybridized carbons (Fsp3) is 0.500. The molecule has 0 spiro atoms. The predicted octanol–water partition coefficient (Wildman–Crippen LogP) is 1.82. The molecular formula is C8H11ClN4S. The van der Waals surface area contributed by atoms with Crippen LogP contribution < -0.4 is 11.1 Å². The summed E-state index contributed by atoms with van der Waals surface area (Å²) in [5, 5.41) is 12.7. The molecule has 3 N–H and O–H groups in total. The summed E-state index contributed by atoms with van der Waals surface area (Å²) in [4.78, 5) is 4.44. The van der Waals surface area contributed by atoms with Crippen LogP contribution in [0.5, 0.6) is 0 Å². The van der Waals surface area contributed by atoms with Crippen LogP contribution in [0.3, 0.4) is 0 Å². The minimum Gasteiger partial charge on any atom is -0.357 e. The molecular weight excluding hydrogens is 220 g/mol. The number of rotatable bonds is 4. The van der Waals surface area contributed by atoms with E-state index in [4.69, 9.17) is 22.6 Å². The second-order valence-corrected chi connectivity index (χ2v) is 4.09. The molecule has 0 aliphatic rings. The molecule has 1 aromatic rings. The van der Waals surface area contributed by atoms with Crippen molar-refractivity contribution in [2.45, 2.75) is 19.4 Å². The molecule has 0 saturated heterocycles. The van der Waals surface area contributed by atoms with Crippen molar-refractivity contribution in [1.82, 2.24) is 4.98 Å². The molecule has 0 amide bonds. The van der Waals surface area contributed by atoms with E-state index in [1.165, 1.54) is 11.3 Å². The van der Waals surface area contributed by atoms with Gasteiger partial charge in [0.15, 0.2) is 10.3 Å². The Morgan fingerprint density at radius 1 is 1.79 bits per heavy atom.